The summed E-state index contributed by atoms with van der Waals surface area (Å²) in [4.78, 5) is 27.4. The van der Waals surface area contributed by atoms with Crippen molar-refractivity contribution in [3.05, 3.63) is 23.5 Å². The molecule has 0 aromatic carbocycles. The van der Waals surface area contributed by atoms with Crippen molar-refractivity contribution < 1.29 is 19.1 Å². The molecule has 3 heterocycles. The first kappa shape index (κ1) is 21.4. The van der Waals surface area contributed by atoms with Gasteiger partial charge in [0.05, 0.1) is 11.7 Å². The molecule has 1 aromatic rings. The number of likely N-dealkylation sites (tertiary alicyclic amines) is 1. The van der Waals surface area contributed by atoms with E-state index in [4.69, 9.17) is 9.47 Å². The minimum Gasteiger partial charge on any atom is -0.478 e. The predicted octanol–water partition coefficient (Wildman–Crippen LogP) is 4.32. The van der Waals surface area contributed by atoms with Crippen LogP contribution in [0.25, 0.3) is 0 Å². The summed E-state index contributed by atoms with van der Waals surface area (Å²) in [5, 5.41) is 4.51. The van der Waals surface area contributed by atoms with Gasteiger partial charge in [-0.05, 0) is 48.0 Å². The third-order valence-corrected chi connectivity index (χ3v) is 5.25. The van der Waals surface area contributed by atoms with Crippen LogP contribution in [0.2, 0.25) is 0 Å². The maximum atomic E-state index is 13.3. The smallest absolute Gasteiger partial charge is 0.410 e. The molecule has 1 amide bonds. The Hall–Kier alpha value is -2.31. The Morgan fingerprint density at radius 3 is 2.38 bits per heavy atom. The van der Waals surface area contributed by atoms with Crippen LogP contribution in [-0.2, 0) is 10.3 Å². The van der Waals surface area contributed by atoms with Gasteiger partial charge in [-0.2, -0.15) is 5.10 Å². The lowest BCUT2D eigenvalue weighted by atomic mass is 9.79. The summed E-state index contributed by atoms with van der Waals surface area (Å²) < 4.78 is 13.7. The van der Waals surface area contributed by atoms with E-state index in [2.05, 4.69) is 5.10 Å². The van der Waals surface area contributed by atoms with Crippen molar-refractivity contribution in [3.8, 4) is 5.75 Å². The number of carbonyl (C=O) groups excluding carboxylic acids is 2. The van der Waals surface area contributed by atoms with Crippen molar-refractivity contribution in [2.24, 2.45) is 0 Å². The lowest BCUT2D eigenvalue weighted by molar-refractivity contribution is -0.00587. The minimum absolute atomic E-state index is 0.0678. The van der Waals surface area contributed by atoms with Gasteiger partial charge < -0.3 is 14.4 Å². The summed E-state index contributed by atoms with van der Waals surface area (Å²) >= 11 is 0. The number of rotatable bonds is 1. The zero-order valence-electron chi connectivity index (χ0n) is 18.7. The van der Waals surface area contributed by atoms with E-state index in [1.54, 1.807) is 9.58 Å². The topological polar surface area (TPSA) is 73.7 Å². The van der Waals surface area contributed by atoms with Crippen LogP contribution in [0, 0.1) is 0 Å². The van der Waals surface area contributed by atoms with E-state index in [0.717, 1.165) is 6.42 Å². The fraction of sp³-hybridized carbons (Fsp3) is 0.682. The van der Waals surface area contributed by atoms with E-state index in [0.29, 0.717) is 42.9 Å². The number of Topliss-reactive ketones (excluding diaryl/α,β-unsaturated/α-hetero) is 1. The molecule has 0 unspecified atom stereocenters. The van der Waals surface area contributed by atoms with Gasteiger partial charge in [0.15, 0.2) is 11.4 Å². The van der Waals surface area contributed by atoms with E-state index >= 15 is 0 Å². The van der Waals surface area contributed by atoms with Gasteiger partial charge in [0.2, 0.25) is 5.78 Å². The normalized spacial score (nSPS) is 20.6. The van der Waals surface area contributed by atoms with Crippen molar-refractivity contribution in [1.29, 1.82) is 0 Å². The van der Waals surface area contributed by atoms with Gasteiger partial charge in [-0.3, -0.25) is 9.48 Å². The van der Waals surface area contributed by atoms with Crippen LogP contribution in [0.4, 0.5) is 4.79 Å². The molecule has 3 rings (SSSR count). The molecule has 1 spiro atoms. The van der Waals surface area contributed by atoms with E-state index in [1.807, 2.05) is 60.7 Å². The van der Waals surface area contributed by atoms with Crippen LogP contribution in [-0.4, -0.2) is 50.8 Å². The fourth-order valence-electron chi connectivity index (χ4n) is 3.76. The summed E-state index contributed by atoms with van der Waals surface area (Å²) in [5.41, 5.74) is -0.462. The monoisotopic (exact) mass is 403 g/mol. The standard InChI is InChI=1S/C22H33N3O4/c1-8-9-15-18(26)17-16(14-25(23-17)20(2,3)4)28-22(15)10-12-24(13-11-22)19(27)29-21(5,6)7/h9,14H,8,10-13H2,1-7H3/b15-9+. The summed E-state index contributed by atoms with van der Waals surface area (Å²) in [7, 11) is 0. The molecule has 0 aliphatic carbocycles. The molecule has 0 saturated carbocycles. The van der Waals surface area contributed by atoms with Gasteiger partial charge in [-0.25, -0.2) is 4.79 Å². The number of amides is 1. The van der Waals surface area contributed by atoms with Crippen molar-refractivity contribution in [1.82, 2.24) is 14.7 Å². The van der Waals surface area contributed by atoms with E-state index in [1.165, 1.54) is 0 Å². The van der Waals surface area contributed by atoms with Crippen LogP contribution in [0.15, 0.2) is 17.8 Å². The van der Waals surface area contributed by atoms with E-state index < -0.39 is 11.2 Å². The number of allylic oxidation sites excluding steroid dienone is 1. The second kappa shape index (κ2) is 7.18. The number of carbonyl (C=O) groups is 2. The summed E-state index contributed by atoms with van der Waals surface area (Å²) in [6.45, 7) is 14.6. The summed E-state index contributed by atoms with van der Waals surface area (Å²) in [6.07, 6.45) is 5.27. The van der Waals surface area contributed by atoms with Crippen molar-refractivity contribution >= 4 is 11.9 Å². The summed E-state index contributed by atoms with van der Waals surface area (Å²) in [6, 6.07) is 0. The SMILES string of the molecule is CC/C=C1\C(=O)c2nn(C(C)(C)C)cc2OC12CCN(C(=O)OC(C)(C)C)CC2. The Morgan fingerprint density at radius 2 is 1.86 bits per heavy atom. The minimum atomic E-state index is -0.718. The van der Waals surface area contributed by atoms with Crippen LogP contribution in [0.5, 0.6) is 5.75 Å². The van der Waals surface area contributed by atoms with Crippen molar-refractivity contribution in [2.45, 2.75) is 84.5 Å². The van der Waals surface area contributed by atoms with Gasteiger partial charge in [-0.15, -0.1) is 0 Å². The van der Waals surface area contributed by atoms with Crippen LogP contribution >= 0.6 is 0 Å². The average molecular weight is 404 g/mol. The lowest BCUT2D eigenvalue weighted by Crippen LogP contribution is -2.54. The Labute approximate surface area is 173 Å². The predicted molar refractivity (Wildman–Crippen MR) is 110 cm³/mol. The van der Waals surface area contributed by atoms with Crippen molar-refractivity contribution in [2.75, 3.05) is 13.1 Å². The van der Waals surface area contributed by atoms with Gasteiger partial charge in [0.1, 0.15) is 11.2 Å². The number of fused-ring (bicyclic) bond motifs is 1. The Morgan fingerprint density at radius 1 is 1.24 bits per heavy atom. The number of ketones is 1. The number of ether oxygens (including phenoxy) is 2. The zero-order chi connectivity index (χ0) is 21.6. The average Bonchev–Trinajstić information content (AvgIpc) is 3.02. The van der Waals surface area contributed by atoms with Gasteiger partial charge in [0, 0.05) is 31.5 Å². The number of nitrogens with zero attached hydrogens (tertiary/aromatic N) is 3. The van der Waals surface area contributed by atoms with E-state index in [9.17, 15) is 9.59 Å². The number of aromatic nitrogens is 2. The molecule has 160 valence electrons. The molecule has 0 radical (unpaired) electrons. The molecule has 2 aliphatic rings. The Kier molecular flexibility index (Phi) is 5.30. The molecule has 1 aromatic heterocycles. The molecule has 0 atom stereocenters. The van der Waals surface area contributed by atoms with Gasteiger partial charge >= 0.3 is 6.09 Å². The van der Waals surface area contributed by atoms with Crippen LogP contribution < -0.4 is 4.74 Å². The second-order valence-electron chi connectivity index (χ2n) is 9.88. The highest BCUT2D eigenvalue weighted by molar-refractivity contribution is 6.11. The molecule has 2 aliphatic heterocycles. The van der Waals surface area contributed by atoms with Crippen molar-refractivity contribution in [3.63, 3.8) is 0 Å². The lowest BCUT2D eigenvalue weighted by Gasteiger charge is -2.44. The molecule has 7 heteroatoms. The maximum absolute atomic E-state index is 13.3. The molecule has 1 saturated heterocycles. The quantitative estimate of drug-likeness (QED) is 0.653. The molecule has 1 fully saturated rings. The second-order valence-corrected chi connectivity index (χ2v) is 9.88. The number of piperidine rings is 1. The third kappa shape index (κ3) is 4.19. The van der Waals surface area contributed by atoms with Crippen LogP contribution in [0.1, 0.15) is 78.2 Å². The first-order chi connectivity index (χ1) is 13.4. The fourth-order valence-corrected chi connectivity index (χ4v) is 3.76. The first-order valence-electron chi connectivity index (χ1n) is 10.4. The molecular weight excluding hydrogens is 370 g/mol. The summed E-state index contributed by atoms with van der Waals surface area (Å²) in [5.74, 6) is 0.464. The number of hydrogen-bond donors (Lipinski definition) is 0. The Bertz CT molecular complexity index is 831. The molecular formula is C22H33N3O4. The Balaban J connectivity index is 1.87. The highest BCUT2D eigenvalue weighted by Gasteiger charge is 2.49. The maximum Gasteiger partial charge on any atom is 0.410 e. The number of hydrogen-bond acceptors (Lipinski definition) is 5. The van der Waals surface area contributed by atoms with Crippen LogP contribution in [0.3, 0.4) is 0 Å². The molecule has 0 bridgehead atoms. The van der Waals surface area contributed by atoms with E-state index in [-0.39, 0.29) is 17.4 Å². The van der Waals surface area contributed by atoms with Gasteiger partial charge in [-0.1, -0.05) is 13.0 Å². The highest BCUT2D eigenvalue weighted by atomic mass is 16.6. The molecule has 0 N–H and O–H groups in total. The largest absolute Gasteiger partial charge is 0.478 e. The third-order valence-electron chi connectivity index (χ3n) is 5.25. The molecule has 29 heavy (non-hydrogen) atoms. The van der Waals surface area contributed by atoms with Gasteiger partial charge in [0.25, 0.3) is 0 Å². The molecule has 7 nitrogen and oxygen atoms in total. The zero-order valence-corrected chi connectivity index (χ0v) is 18.7. The first-order valence-corrected chi connectivity index (χ1v) is 10.4. The highest BCUT2D eigenvalue weighted by Crippen LogP contribution is 2.43.